The number of hydrogen-bond acceptors (Lipinski definition) is 4. The maximum atomic E-state index is 11.4. The number of ketones is 1. The average Bonchev–Trinajstić information content (AvgIpc) is 2.18. The van der Waals surface area contributed by atoms with Crippen LogP contribution in [0.2, 0.25) is 0 Å². The molecule has 0 spiro atoms. The van der Waals surface area contributed by atoms with Crippen molar-refractivity contribution in [2.45, 2.75) is 6.92 Å². The molecule has 1 heterocycles. The van der Waals surface area contributed by atoms with Gasteiger partial charge >= 0.3 is 5.97 Å². The van der Waals surface area contributed by atoms with Crippen molar-refractivity contribution < 1.29 is 14.3 Å². The molecule has 5 heteroatoms. The van der Waals surface area contributed by atoms with E-state index in [4.69, 9.17) is 0 Å². The van der Waals surface area contributed by atoms with Crippen molar-refractivity contribution >= 4 is 27.7 Å². The van der Waals surface area contributed by atoms with Crippen molar-refractivity contribution in [3.05, 3.63) is 28.5 Å². The second kappa shape index (κ2) is 4.85. The van der Waals surface area contributed by atoms with E-state index >= 15 is 0 Å². The molecule has 0 saturated heterocycles. The van der Waals surface area contributed by atoms with Crippen molar-refractivity contribution in [3.63, 3.8) is 0 Å². The summed E-state index contributed by atoms with van der Waals surface area (Å²) in [5, 5.41) is 0. The highest BCUT2D eigenvalue weighted by Gasteiger charge is 2.20. The Morgan fingerprint density at radius 1 is 1.57 bits per heavy atom. The van der Waals surface area contributed by atoms with Crippen LogP contribution in [-0.2, 0) is 9.53 Å². The first kappa shape index (κ1) is 10.8. The molecule has 0 aliphatic carbocycles. The van der Waals surface area contributed by atoms with E-state index in [1.54, 1.807) is 19.1 Å². The van der Waals surface area contributed by atoms with Gasteiger partial charge in [0.15, 0.2) is 0 Å². The molecule has 0 atom stereocenters. The van der Waals surface area contributed by atoms with Crippen LogP contribution in [-0.4, -0.2) is 23.3 Å². The summed E-state index contributed by atoms with van der Waals surface area (Å²) < 4.78 is 5.05. The Bertz CT molecular complexity index is 365. The summed E-state index contributed by atoms with van der Waals surface area (Å²) in [6.45, 7) is 1.81. The molecule has 0 amide bonds. The van der Waals surface area contributed by atoms with Gasteiger partial charge in [0.1, 0.15) is 5.69 Å². The molecule has 0 unspecified atom stereocenters. The number of Topliss-reactive ketones (excluding diaryl/α,β-unsaturated/α-hetero) is 1. The van der Waals surface area contributed by atoms with E-state index in [9.17, 15) is 9.59 Å². The van der Waals surface area contributed by atoms with Gasteiger partial charge in [0.05, 0.1) is 6.61 Å². The first-order chi connectivity index (χ1) is 6.66. The fourth-order valence-electron chi connectivity index (χ4n) is 0.846. The lowest BCUT2D eigenvalue weighted by Crippen LogP contribution is -2.19. The number of esters is 1. The maximum absolute atomic E-state index is 11.4. The molecule has 0 N–H and O–H groups in total. The lowest BCUT2D eigenvalue weighted by molar-refractivity contribution is -0.137. The molecule has 1 aromatic heterocycles. The average molecular weight is 258 g/mol. The number of pyridine rings is 1. The molecule has 0 fully saturated rings. The van der Waals surface area contributed by atoms with Gasteiger partial charge in [-0.3, -0.25) is 9.78 Å². The molecule has 4 nitrogen and oxygen atoms in total. The standard InChI is InChI=1S/C9H8BrNO3/c1-2-14-9(13)8(12)7-6(10)4-3-5-11-7/h3-5H,2H2,1H3. The van der Waals surface area contributed by atoms with E-state index in [0.717, 1.165) is 0 Å². The van der Waals surface area contributed by atoms with Crippen molar-refractivity contribution in [2.75, 3.05) is 6.61 Å². The number of aromatic nitrogens is 1. The Morgan fingerprint density at radius 2 is 2.29 bits per heavy atom. The molecular weight excluding hydrogens is 250 g/mol. The molecule has 1 aromatic rings. The minimum Gasteiger partial charge on any atom is -0.460 e. The molecular formula is C9H8BrNO3. The summed E-state index contributed by atoms with van der Waals surface area (Å²) in [6, 6.07) is 3.30. The Balaban J connectivity index is 2.90. The number of rotatable bonds is 3. The predicted molar refractivity (Wildman–Crippen MR) is 52.9 cm³/mol. The minimum absolute atomic E-state index is 0.0750. The van der Waals surface area contributed by atoms with Crippen LogP contribution in [0.5, 0.6) is 0 Å². The molecule has 0 saturated carbocycles. The summed E-state index contributed by atoms with van der Waals surface area (Å²) >= 11 is 3.13. The summed E-state index contributed by atoms with van der Waals surface area (Å²) in [5.74, 6) is -1.62. The van der Waals surface area contributed by atoms with Crippen LogP contribution in [0.4, 0.5) is 0 Å². The minimum atomic E-state index is -0.882. The van der Waals surface area contributed by atoms with Crippen molar-refractivity contribution in [1.29, 1.82) is 0 Å². The van der Waals surface area contributed by atoms with Gasteiger partial charge in [-0.05, 0) is 35.0 Å². The largest absolute Gasteiger partial charge is 0.460 e. The molecule has 0 aromatic carbocycles. The van der Waals surface area contributed by atoms with E-state index in [1.165, 1.54) is 6.20 Å². The maximum Gasteiger partial charge on any atom is 0.381 e. The molecule has 0 bridgehead atoms. The fraction of sp³-hybridized carbons (Fsp3) is 0.222. The number of ether oxygens (including phenoxy) is 1. The smallest absolute Gasteiger partial charge is 0.381 e. The summed E-state index contributed by atoms with van der Waals surface area (Å²) in [4.78, 5) is 26.2. The van der Waals surface area contributed by atoms with E-state index < -0.39 is 11.8 Å². The highest BCUT2D eigenvalue weighted by atomic mass is 79.9. The van der Waals surface area contributed by atoms with Gasteiger partial charge in [0, 0.05) is 10.7 Å². The van der Waals surface area contributed by atoms with Crippen molar-refractivity contribution in [2.24, 2.45) is 0 Å². The number of carbonyl (C=O) groups is 2. The normalized spacial score (nSPS) is 9.57. The van der Waals surface area contributed by atoms with Crippen LogP contribution in [0.15, 0.2) is 22.8 Å². The Hall–Kier alpha value is -1.23. The summed E-state index contributed by atoms with van der Waals surface area (Å²) in [6.07, 6.45) is 1.44. The second-order valence-corrected chi connectivity index (χ2v) is 3.24. The number of nitrogens with zero attached hydrogens (tertiary/aromatic N) is 1. The van der Waals surface area contributed by atoms with Gasteiger partial charge < -0.3 is 4.74 Å². The third-order valence-corrected chi connectivity index (χ3v) is 2.07. The van der Waals surface area contributed by atoms with E-state index in [0.29, 0.717) is 4.47 Å². The topological polar surface area (TPSA) is 56.3 Å². The van der Waals surface area contributed by atoms with Crippen LogP contribution in [0, 0.1) is 0 Å². The monoisotopic (exact) mass is 257 g/mol. The van der Waals surface area contributed by atoms with Crippen LogP contribution < -0.4 is 0 Å². The van der Waals surface area contributed by atoms with E-state index in [1.807, 2.05) is 0 Å². The predicted octanol–water partition coefficient (Wildman–Crippen LogP) is 1.59. The molecule has 0 aliphatic heterocycles. The van der Waals surface area contributed by atoms with Gasteiger partial charge in [-0.15, -0.1) is 0 Å². The number of carbonyl (C=O) groups excluding carboxylic acids is 2. The quantitative estimate of drug-likeness (QED) is 0.469. The second-order valence-electron chi connectivity index (χ2n) is 2.38. The molecule has 74 valence electrons. The van der Waals surface area contributed by atoms with Crippen LogP contribution in [0.3, 0.4) is 0 Å². The third kappa shape index (κ3) is 2.38. The lowest BCUT2D eigenvalue weighted by atomic mass is 10.2. The zero-order chi connectivity index (χ0) is 10.6. The highest BCUT2D eigenvalue weighted by molar-refractivity contribution is 9.10. The fourth-order valence-corrected chi connectivity index (χ4v) is 1.28. The van der Waals surface area contributed by atoms with Gasteiger partial charge in [-0.2, -0.15) is 0 Å². The van der Waals surface area contributed by atoms with Gasteiger partial charge in [0.25, 0.3) is 5.78 Å². The Kier molecular flexibility index (Phi) is 3.76. The molecule has 0 radical (unpaired) electrons. The third-order valence-electron chi connectivity index (χ3n) is 1.43. The van der Waals surface area contributed by atoms with E-state index in [2.05, 4.69) is 25.7 Å². The first-order valence-electron chi connectivity index (χ1n) is 3.98. The molecule has 0 aliphatic rings. The molecule has 14 heavy (non-hydrogen) atoms. The van der Waals surface area contributed by atoms with E-state index in [-0.39, 0.29) is 12.3 Å². The summed E-state index contributed by atoms with van der Waals surface area (Å²) in [5.41, 5.74) is 0.0750. The lowest BCUT2D eigenvalue weighted by Gasteiger charge is -2.01. The SMILES string of the molecule is CCOC(=O)C(=O)c1ncccc1Br. The van der Waals surface area contributed by atoms with Crippen molar-refractivity contribution in [3.8, 4) is 0 Å². The highest BCUT2D eigenvalue weighted by Crippen LogP contribution is 2.13. The van der Waals surface area contributed by atoms with Gasteiger partial charge in [-0.1, -0.05) is 0 Å². The van der Waals surface area contributed by atoms with Crippen molar-refractivity contribution in [1.82, 2.24) is 4.98 Å². The van der Waals surface area contributed by atoms with Gasteiger partial charge in [0.2, 0.25) is 0 Å². The van der Waals surface area contributed by atoms with Crippen LogP contribution in [0.25, 0.3) is 0 Å². The van der Waals surface area contributed by atoms with Crippen LogP contribution >= 0.6 is 15.9 Å². The van der Waals surface area contributed by atoms with Gasteiger partial charge in [-0.25, -0.2) is 4.79 Å². The zero-order valence-corrected chi connectivity index (χ0v) is 9.08. The number of hydrogen-bond donors (Lipinski definition) is 0. The number of halogens is 1. The zero-order valence-electron chi connectivity index (χ0n) is 7.49. The first-order valence-corrected chi connectivity index (χ1v) is 4.78. The summed E-state index contributed by atoms with van der Waals surface area (Å²) in [7, 11) is 0. The molecule has 1 rings (SSSR count). The Morgan fingerprint density at radius 3 is 2.86 bits per heavy atom. The van der Waals surface area contributed by atoms with Crippen LogP contribution in [0.1, 0.15) is 17.4 Å². The Labute approximate surface area is 89.4 Å².